The molecule has 0 aliphatic carbocycles. The number of carbonyl (C=O) groups is 1. The Morgan fingerprint density at radius 2 is 1.93 bits per heavy atom. The number of benzene rings is 1. The number of nitrogens with zero attached hydrogens (tertiary/aromatic N) is 6. The van der Waals surface area contributed by atoms with Crippen LogP contribution in [0.4, 0.5) is 0 Å². The van der Waals surface area contributed by atoms with Gasteiger partial charge in [-0.15, -0.1) is 10.2 Å². The van der Waals surface area contributed by atoms with Crippen molar-refractivity contribution < 1.29 is 14.3 Å². The Balaban J connectivity index is 1.25. The second kappa shape index (κ2) is 8.10. The van der Waals surface area contributed by atoms with E-state index < -0.39 is 0 Å². The molecule has 1 atom stereocenters. The summed E-state index contributed by atoms with van der Waals surface area (Å²) in [5, 5.41) is 12.8. The molecule has 2 aliphatic heterocycles. The average Bonchev–Trinajstić information content (AvgIpc) is 3.44. The van der Waals surface area contributed by atoms with Gasteiger partial charge in [0.25, 0.3) is 0 Å². The number of tetrazole rings is 1. The summed E-state index contributed by atoms with van der Waals surface area (Å²) in [5.41, 5.74) is 1.79. The monoisotopic (exact) mass is 406 g/mol. The van der Waals surface area contributed by atoms with Crippen molar-refractivity contribution in [1.82, 2.24) is 30.1 Å². The molecule has 0 saturated carbocycles. The highest BCUT2D eigenvalue weighted by Crippen LogP contribution is 2.31. The standard InChI is InChI=1S/C21H22N6O3/c28-20(13-15-3-4-18-19(12-15)30-11-10-29-18)26-9-1-2-17(26)14-27-24-21(23-25-27)16-5-7-22-8-6-16/h3-8,12,17H,1-2,9-11,13-14H2/t17-/m1/s1. The van der Waals surface area contributed by atoms with Gasteiger partial charge in [0, 0.05) is 24.5 Å². The highest BCUT2D eigenvalue weighted by atomic mass is 16.6. The van der Waals surface area contributed by atoms with Crippen LogP contribution in [-0.2, 0) is 17.8 Å². The van der Waals surface area contributed by atoms with Crippen molar-refractivity contribution in [3.63, 3.8) is 0 Å². The molecule has 5 rings (SSSR count). The van der Waals surface area contributed by atoms with Crippen LogP contribution < -0.4 is 9.47 Å². The summed E-state index contributed by atoms with van der Waals surface area (Å²) in [5.74, 6) is 2.10. The fraction of sp³-hybridized carbons (Fsp3) is 0.381. The number of amides is 1. The van der Waals surface area contributed by atoms with Crippen molar-refractivity contribution in [3.05, 3.63) is 48.3 Å². The summed E-state index contributed by atoms with van der Waals surface area (Å²) in [6.07, 6.45) is 5.64. The van der Waals surface area contributed by atoms with Crippen molar-refractivity contribution in [1.29, 1.82) is 0 Å². The summed E-state index contributed by atoms with van der Waals surface area (Å²) in [6, 6.07) is 9.46. The number of ether oxygens (including phenoxy) is 2. The fourth-order valence-electron chi connectivity index (χ4n) is 3.95. The normalized spacial score (nSPS) is 17.9. The molecule has 1 saturated heterocycles. The zero-order valence-corrected chi connectivity index (χ0v) is 16.5. The molecule has 0 spiro atoms. The lowest BCUT2D eigenvalue weighted by Crippen LogP contribution is -2.39. The van der Waals surface area contributed by atoms with Gasteiger partial charge in [0.1, 0.15) is 13.2 Å². The number of hydrogen-bond acceptors (Lipinski definition) is 7. The SMILES string of the molecule is O=C(Cc1ccc2c(c1)OCCO2)N1CCC[C@@H]1Cn1nnc(-c2ccncc2)n1. The van der Waals surface area contributed by atoms with E-state index in [9.17, 15) is 4.79 Å². The smallest absolute Gasteiger partial charge is 0.227 e. The maximum Gasteiger partial charge on any atom is 0.227 e. The van der Waals surface area contributed by atoms with Gasteiger partial charge in [-0.3, -0.25) is 9.78 Å². The van der Waals surface area contributed by atoms with Gasteiger partial charge in [-0.05, 0) is 47.9 Å². The lowest BCUT2D eigenvalue weighted by molar-refractivity contribution is -0.131. The van der Waals surface area contributed by atoms with E-state index in [1.165, 1.54) is 0 Å². The minimum atomic E-state index is 0.0641. The predicted molar refractivity (Wildman–Crippen MR) is 107 cm³/mol. The largest absolute Gasteiger partial charge is 0.486 e. The number of carbonyl (C=O) groups excluding carboxylic acids is 1. The van der Waals surface area contributed by atoms with Crippen LogP contribution in [0.1, 0.15) is 18.4 Å². The van der Waals surface area contributed by atoms with Gasteiger partial charge in [-0.25, -0.2) is 0 Å². The molecule has 1 fully saturated rings. The van der Waals surface area contributed by atoms with E-state index >= 15 is 0 Å². The van der Waals surface area contributed by atoms with E-state index in [1.807, 2.05) is 35.2 Å². The summed E-state index contributed by atoms with van der Waals surface area (Å²) in [7, 11) is 0. The molecule has 0 radical (unpaired) electrons. The van der Waals surface area contributed by atoms with Crippen LogP contribution in [0.3, 0.4) is 0 Å². The summed E-state index contributed by atoms with van der Waals surface area (Å²) >= 11 is 0. The van der Waals surface area contributed by atoms with Gasteiger partial charge < -0.3 is 14.4 Å². The Morgan fingerprint density at radius 3 is 2.80 bits per heavy atom. The number of rotatable bonds is 5. The number of pyridine rings is 1. The number of fused-ring (bicyclic) bond motifs is 1. The maximum absolute atomic E-state index is 13.0. The van der Waals surface area contributed by atoms with E-state index in [2.05, 4.69) is 20.4 Å². The summed E-state index contributed by atoms with van der Waals surface area (Å²) in [4.78, 5) is 20.5. The van der Waals surface area contributed by atoms with E-state index in [0.717, 1.165) is 36.3 Å². The fourth-order valence-corrected chi connectivity index (χ4v) is 3.95. The van der Waals surface area contributed by atoms with Crippen LogP contribution in [0.5, 0.6) is 11.5 Å². The second-order valence-electron chi connectivity index (χ2n) is 7.44. The second-order valence-corrected chi connectivity index (χ2v) is 7.44. The van der Waals surface area contributed by atoms with Gasteiger partial charge in [-0.2, -0.15) is 4.80 Å². The topological polar surface area (TPSA) is 95.3 Å². The van der Waals surface area contributed by atoms with Crippen LogP contribution in [0.25, 0.3) is 11.4 Å². The first kappa shape index (κ1) is 18.5. The van der Waals surface area contributed by atoms with E-state index in [1.54, 1.807) is 17.2 Å². The van der Waals surface area contributed by atoms with Gasteiger partial charge in [0.15, 0.2) is 11.5 Å². The third-order valence-electron chi connectivity index (χ3n) is 5.42. The number of likely N-dealkylation sites (tertiary alicyclic amines) is 1. The third kappa shape index (κ3) is 3.83. The van der Waals surface area contributed by atoms with Crippen LogP contribution in [-0.4, -0.2) is 61.8 Å². The molecule has 3 aromatic rings. The lowest BCUT2D eigenvalue weighted by atomic mass is 10.1. The minimum Gasteiger partial charge on any atom is -0.486 e. The molecule has 2 aliphatic rings. The van der Waals surface area contributed by atoms with E-state index in [0.29, 0.717) is 37.8 Å². The molecule has 9 heteroatoms. The third-order valence-corrected chi connectivity index (χ3v) is 5.42. The highest BCUT2D eigenvalue weighted by molar-refractivity contribution is 5.79. The molecule has 2 aromatic heterocycles. The first-order valence-electron chi connectivity index (χ1n) is 10.1. The molecule has 154 valence electrons. The molecule has 30 heavy (non-hydrogen) atoms. The molecular formula is C21H22N6O3. The maximum atomic E-state index is 13.0. The van der Waals surface area contributed by atoms with Gasteiger partial charge >= 0.3 is 0 Å². The Kier molecular flexibility index (Phi) is 5.00. The molecular weight excluding hydrogens is 384 g/mol. The molecule has 4 heterocycles. The molecule has 0 bridgehead atoms. The number of hydrogen-bond donors (Lipinski definition) is 0. The van der Waals surface area contributed by atoms with Crippen LogP contribution in [0, 0.1) is 0 Å². The Hall–Kier alpha value is -3.49. The first-order valence-corrected chi connectivity index (χ1v) is 10.1. The highest BCUT2D eigenvalue weighted by Gasteiger charge is 2.30. The van der Waals surface area contributed by atoms with E-state index in [4.69, 9.17) is 9.47 Å². The van der Waals surface area contributed by atoms with Crippen molar-refractivity contribution >= 4 is 5.91 Å². The molecule has 0 unspecified atom stereocenters. The Morgan fingerprint density at radius 1 is 1.10 bits per heavy atom. The molecule has 9 nitrogen and oxygen atoms in total. The van der Waals surface area contributed by atoms with Crippen LogP contribution >= 0.6 is 0 Å². The van der Waals surface area contributed by atoms with Gasteiger partial charge in [-0.1, -0.05) is 6.07 Å². The Bertz CT molecular complexity index is 1040. The van der Waals surface area contributed by atoms with Crippen LogP contribution in [0.15, 0.2) is 42.7 Å². The number of aromatic nitrogens is 5. The van der Waals surface area contributed by atoms with Gasteiger partial charge in [0.2, 0.25) is 11.7 Å². The van der Waals surface area contributed by atoms with Crippen molar-refractivity contribution in [3.8, 4) is 22.9 Å². The van der Waals surface area contributed by atoms with Crippen molar-refractivity contribution in [2.24, 2.45) is 0 Å². The summed E-state index contributed by atoms with van der Waals surface area (Å²) in [6.45, 7) is 2.37. The van der Waals surface area contributed by atoms with Gasteiger partial charge in [0.05, 0.1) is 19.0 Å². The zero-order chi connectivity index (χ0) is 20.3. The average molecular weight is 406 g/mol. The summed E-state index contributed by atoms with van der Waals surface area (Å²) < 4.78 is 11.2. The first-order chi connectivity index (χ1) is 14.8. The predicted octanol–water partition coefficient (Wildman–Crippen LogP) is 1.74. The minimum absolute atomic E-state index is 0.0641. The molecule has 1 aromatic carbocycles. The quantitative estimate of drug-likeness (QED) is 0.637. The lowest BCUT2D eigenvalue weighted by Gasteiger charge is -2.24. The zero-order valence-electron chi connectivity index (χ0n) is 16.5. The van der Waals surface area contributed by atoms with E-state index in [-0.39, 0.29) is 11.9 Å². The Labute approximate surface area is 173 Å². The van der Waals surface area contributed by atoms with Crippen molar-refractivity contribution in [2.75, 3.05) is 19.8 Å². The van der Waals surface area contributed by atoms with Crippen molar-refractivity contribution in [2.45, 2.75) is 31.8 Å². The molecule has 0 N–H and O–H groups in total. The van der Waals surface area contributed by atoms with Crippen LogP contribution in [0.2, 0.25) is 0 Å². The molecule has 1 amide bonds.